The molecule has 1 nitrogen and oxygen atoms in total. The first-order valence-electron chi connectivity index (χ1n) is 5.60. The third kappa shape index (κ3) is 2.80. The van der Waals surface area contributed by atoms with Gasteiger partial charge >= 0.3 is 0 Å². The Morgan fingerprint density at radius 3 is 1.80 bits per heavy atom. The molecule has 0 radical (unpaired) electrons. The van der Waals surface area contributed by atoms with Gasteiger partial charge in [0.25, 0.3) is 0 Å². The van der Waals surface area contributed by atoms with Crippen molar-refractivity contribution in [1.82, 2.24) is 4.98 Å². The maximum Gasteiger partial charge on any atom is 0.0459 e. The van der Waals surface area contributed by atoms with Gasteiger partial charge in [0.05, 0.1) is 0 Å². The van der Waals surface area contributed by atoms with E-state index in [1.165, 1.54) is 16.8 Å². The van der Waals surface area contributed by atoms with Crippen molar-refractivity contribution in [3.05, 3.63) is 29.1 Å². The third-order valence-electron chi connectivity index (χ3n) is 2.69. The second kappa shape index (κ2) is 3.62. The number of rotatable bonds is 0. The molecule has 1 rings (SSSR count). The zero-order valence-corrected chi connectivity index (χ0v) is 11.1. The van der Waals surface area contributed by atoms with Crippen LogP contribution in [0.3, 0.4) is 0 Å². The minimum atomic E-state index is 0.140. The Bertz CT molecular complexity index is 351. The Morgan fingerprint density at radius 2 is 1.47 bits per heavy atom. The summed E-state index contributed by atoms with van der Waals surface area (Å²) in [5.74, 6) is 0. The van der Waals surface area contributed by atoms with E-state index >= 15 is 0 Å². The molecule has 1 aromatic rings. The second-order valence-electron chi connectivity index (χ2n) is 6.38. The monoisotopic (exact) mass is 205 g/mol. The largest absolute Gasteiger partial charge is 0.260 e. The van der Waals surface area contributed by atoms with E-state index in [9.17, 15) is 0 Å². The van der Waals surface area contributed by atoms with Gasteiger partial charge in [0.2, 0.25) is 0 Å². The summed E-state index contributed by atoms with van der Waals surface area (Å²) in [5, 5.41) is 0. The number of aromatic nitrogens is 1. The topological polar surface area (TPSA) is 12.9 Å². The fraction of sp³-hybridized carbons (Fsp3) is 0.643. The average molecular weight is 205 g/mol. The standard InChI is InChI=1S/C14H23N/c1-10-8-12(14(5,6)7)15-9-11(10)13(2,3)4/h8-9H,1-7H3. The molecule has 1 aromatic heterocycles. The molecule has 0 aliphatic rings. The van der Waals surface area contributed by atoms with Crippen LogP contribution in [0.25, 0.3) is 0 Å². The van der Waals surface area contributed by atoms with Gasteiger partial charge < -0.3 is 0 Å². The number of hydrogen-bond acceptors (Lipinski definition) is 1. The summed E-state index contributed by atoms with van der Waals surface area (Å²) in [6.45, 7) is 15.5. The molecule has 84 valence electrons. The zero-order chi connectivity index (χ0) is 11.9. The number of aryl methyl sites for hydroxylation is 1. The van der Waals surface area contributed by atoms with Gasteiger partial charge in [-0.05, 0) is 29.5 Å². The summed E-state index contributed by atoms with van der Waals surface area (Å²) in [7, 11) is 0. The molecule has 1 heterocycles. The van der Waals surface area contributed by atoms with Gasteiger partial charge in [-0.15, -0.1) is 0 Å². The lowest BCUT2D eigenvalue weighted by Gasteiger charge is -2.24. The highest BCUT2D eigenvalue weighted by atomic mass is 14.7. The van der Waals surface area contributed by atoms with Gasteiger partial charge in [-0.25, -0.2) is 0 Å². The maximum atomic E-state index is 4.58. The maximum absolute atomic E-state index is 4.58. The van der Waals surface area contributed by atoms with Crippen molar-refractivity contribution in [3.8, 4) is 0 Å². The van der Waals surface area contributed by atoms with Crippen molar-refractivity contribution < 1.29 is 0 Å². The molecular weight excluding hydrogens is 182 g/mol. The first kappa shape index (κ1) is 12.2. The molecule has 0 saturated heterocycles. The van der Waals surface area contributed by atoms with Gasteiger partial charge in [-0.3, -0.25) is 4.98 Å². The Hall–Kier alpha value is -0.850. The van der Waals surface area contributed by atoms with E-state index in [1.54, 1.807) is 0 Å². The molecule has 1 heteroatoms. The van der Waals surface area contributed by atoms with E-state index in [1.807, 2.05) is 6.20 Å². The summed E-state index contributed by atoms with van der Waals surface area (Å²) >= 11 is 0. The first-order valence-corrected chi connectivity index (χ1v) is 5.60. The smallest absolute Gasteiger partial charge is 0.0459 e. The highest BCUT2D eigenvalue weighted by Crippen LogP contribution is 2.28. The molecule has 0 bridgehead atoms. The predicted octanol–water partition coefficient (Wildman–Crippen LogP) is 3.99. The van der Waals surface area contributed by atoms with Gasteiger partial charge in [0.15, 0.2) is 0 Å². The van der Waals surface area contributed by atoms with Crippen LogP contribution in [0.5, 0.6) is 0 Å². The third-order valence-corrected chi connectivity index (χ3v) is 2.69. The fourth-order valence-corrected chi connectivity index (χ4v) is 1.75. The highest BCUT2D eigenvalue weighted by molar-refractivity contribution is 5.32. The van der Waals surface area contributed by atoms with Crippen LogP contribution in [0.4, 0.5) is 0 Å². The van der Waals surface area contributed by atoms with Crippen LogP contribution in [0.1, 0.15) is 58.4 Å². The Kier molecular flexibility index (Phi) is 2.95. The van der Waals surface area contributed by atoms with Crippen molar-refractivity contribution in [2.24, 2.45) is 0 Å². The van der Waals surface area contributed by atoms with Gasteiger partial charge in [-0.2, -0.15) is 0 Å². The van der Waals surface area contributed by atoms with Crippen LogP contribution in [0, 0.1) is 6.92 Å². The minimum absolute atomic E-state index is 0.140. The number of hydrogen-bond donors (Lipinski definition) is 0. The molecular formula is C14H23N. The molecule has 0 spiro atoms. The van der Waals surface area contributed by atoms with Crippen molar-refractivity contribution in [2.45, 2.75) is 59.3 Å². The lowest BCUT2D eigenvalue weighted by atomic mass is 9.83. The Balaban J connectivity index is 3.21. The quantitative estimate of drug-likeness (QED) is 0.624. The Morgan fingerprint density at radius 1 is 0.933 bits per heavy atom. The lowest BCUT2D eigenvalue weighted by Crippen LogP contribution is -2.18. The normalized spacial score (nSPS) is 13.0. The molecule has 15 heavy (non-hydrogen) atoms. The van der Waals surface area contributed by atoms with Crippen LogP contribution in [0.2, 0.25) is 0 Å². The molecule has 0 unspecified atom stereocenters. The average Bonchev–Trinajstić information content (AvgIpc) is 1.99. The van der Waals surface area contributed by atoms with E-state index in [2.05, 4.69) is 59.5 Å². The van der Waals surface area contributed by atoms with E-state index in [4.69, 9.17) is 0 Å². The Labute approximate surface area is 93.9 Å². The van der Waals surface area contributed by atoms with Crippen LogP contribution < -0.4 is 0 Å². The van der Waals surface area contributed by atoms with Crippen molar-refractivity contribution in [3.63, 3.8) is 0 Å². The van der Waals surface area contributed by atoms with Gasteiger partial charge in [0, 0.05) is 17.3 Å². The van der Waals surface area contributed by atoms with E-state index in [-0.39, 0.29) is 10.8 Å². The lowest BCUT2D eigenvalue weighted by molar-refractivity contribution is 0.553. The summed E-state index contributed by atoms with van der Waals surface area (Å²) in [5.41, 5.74) is 4.19. The van der Waals surface area contributed by atoms with Crippen LogP contribution in [-0.4, -0.2) is 4.98 Å². The molecule has 0 aromatic carbocycles. The molecule has 0 fully saturated rings. The van der Waals surface area contributed by atoms with Crippen LogP contribution >= 0.6 is 0 Å². The molecule has 0 N–H and O–H groups in total. The molecule has 0 aliphatic heterocycles. The zero-order valence-electron chi connectivity index (χ0n) is 11.1. The van der Waals surface area contributed by atoms with Gasteiger partial charge in [0.1, 0.15) is 0 Å². The highest BCUT2D eigenvalue weighted by Gasteiger charge is 2.20. The van der Waals surface area contributed by atoms with E-state index in [0.29, 0.717) is 0 Å². The van der Waals surface area contributed by atoms with Gasteiger partial charge in [-0.1, -0.05) is 41.5 Å². The molecule has 0 atom stereocenters. The van der Waals surface area contributed by atoms with E-state index in [0.717, 1.165) is 0 Å². The number of nitrogens with zero attached hydrogens (tertiary/aromatic N) is 1. The van der Waals surface area contributed by atoms with Crippen LogP contribution in [-0.2, 0) is 10.8 Å². The van der Waals surface area contributed by atoms with Crippen molar-refractivity contribution in [2.75, 3.05) is 0 Å². The SMILES string of the molecule is Cc1cc(C(C)(C)C)ncc1C(C)(C)C. The molecule has 0 saturated carbocycles. The summed E-state index contributed by atoms with van der Waals surface area (Å²) < 4.78 is 0. The van der Waals surface area contributed by atoms with Crippen LogP contribution in [0.15, 0.2) is 12.3 Å². The van der Waals surface area contributed by atoms with Crippen molar-refractivity contribution >= 4 is 0 Å². The predicted molar refractivity (Wildman–Crippen MR) is 66.4 cm³/mol. The molecule has 0 aliphatic carbocycles. The number of pyridine rings is 1. The fourth-order valence-electron chi connectivity index (χ4n) is 1.75. The second-order valence-corrected chi connectivity index (χ2v) is 6.38. The summed E-state index contributed by atoms with van der Waals surface area (Å²) in [6.07, 6.45) is 2.04. The minimum Gasteiger partial charge on any atom is -0.260 e. The first-order chi connectivity index (χ1) is 6.62. The van der Waals surface area contributed by atoms with E-state index < -0.39 is 0 Å². The summed E-state index contributed by atoms with van der Waals surface area (Å²) in [4.78, 5) is 4.58. The summed E-state index contributed by atoms with van der Waals surface area (Å²) in [6, 6.07) is 2.22. The van der Waals surface area contributed by atoms with Crippen molar-refractivity contribution in [1.29, 1.82) is 0 Å². The molecule has 0 amide bonds.